The number of nitro groups is 1. The van der Waals surface area contributed by atoms with Crippen LogP contribution in [0.5, 0.6) is 0 Å². The fraction of sp³-hybridized carbons (Fsp3) is 0. The zero-order chi connectivity index (χ0) is 20.4. The zero-order valence-electron chi connectivity index (χ0n) is 15.0. The van der Waals surface area contributed by atoms with Crippen molar-refractivity contribution in [1.82, 2.24) is 0 Å². The number of amides is 1. The Balaban J connectivity index is 1.85. The van der Waals surface area contributed by atoms with Gasteiger partial charge in [-0.15, -0.1) is 0 Å². The summed E-state index contributed by atoms with van der Waals surface area (Å²) in [6.07, 6.45) is 1.40. The summed E-state index contributed by atoms with van der Waals surface area (Å²) in [6.45, 7) is 0. The van der Waals surface area contributed by atoms with E-state index in [1.165, 1.54) is 41.3 Å². The van der Waals surface area contributed by atoms with Gasteiger partial charge < -0.3 is 0 Å². The third-order valence-corrected chi connectivity index (χ3v) is 4.40. The van der Waals surface area contributed by atoms with Crippen molar-refractivity contribution >= 4 is 29.2 Å². The highest BCUT2D eigenvalue weighted by Crippen LogP contribution is 2.29. The zero-order valence-corrected chi connectivity index (χ0v) is 15.0. The van der Waals surface area contributed by atoms with Crippen molar-refractivity contribution in [2.75, 3.05) is 4.90 Å². The summed E-state index contributed by atoms with van der Waals surface area (Å²) in [5, 5.41) is 11.3. The highest BCUT2D eigenvalue weighted by Gasteiger charge is 2.32. The number of aliphatic imine (C=N–C) groups is 1. The van der Waals surface area contributed by atoms with Gasteiger partial charge in [0.1, 0.15) is 17.3 Å². The molecule has 0 N–H and O–H groups in total. The van der Waals surface area contributed by atoms with Gasteiger partial charge >= 0.3 is 0 Å². The van der Waals surface area contributed by atoms with Crippen molar-refractivity contribution in [3.63, 3.8) is 0 Å². The van der Waals surface area contributed by atoms with Crippen LogP contribution in [0.1, 0.15) is 11.1 Å². The van der Waals surface area contributed by atoms with Gasteiger partial charge in [-0.25, -0.2) is 9.38 Å². The van der Waals surface area contributed by atoms with E-state index in [9.17, 15) is 19.3 Å². The first-order valence-electron chi connectivity index (χ1n) is 8.74. The van der Waals surface area contributed by atoms with E-state index < -0.39 is 16.6 Å². The number of halogens is 1. The molecule has 29 heavy (non-hydrogen) atoms. The second-order valence-electron chi connectivity index (χ2n) is 6.26. The minimum Gasteiger partial charge on any atom is -0.266 e. The molecular weight excluding hydrogens is 373 g/mol. The van der Waals surface area contributed by atoms with Gasteiger partial charge in [-0.1, -0.05) is 42.5 Å². The van der Waals surface area contributed by atoms with E-state index in [2.05, 4.69) is 4.99 Å². The lowest BCUT2D eigenvalue weighted by molar-refractivity contribution is -0.385. The van der Waals surface area contributed by atoms with Crippen LogP contribution >= 0.6 is 0 Å². The standard InChI is InChI=1S/C22H14FN3O3/c23-17-10-12-18(13-11-17)25-21(15-6-2-1-3-7-15)24-19(22(25)27)14-16-8-4-5-9-20(16)26(28)29/h1-14H/b19-14+. The van der Waals surface area contributed by atoms with Crippen molar-refractivity contribution in [3.05, 3.63) is 112 Å². The molecule has 7 heteroatoms. The van der Waals surface area contributed by atoms with E-state index in [1.807, 2.05) is 18.2 Å². The number of benzene rings is 3. The minimum atomic E-state index is -0.509. The van der Waals surface area contributed by atoms with Crippen LogP contribution in [0, 0.1) is 15.9 Å². The maximum absolute atomic E-state index is 13.4. The molecule has 1 amide bonds. The Morgan fingerprint density at radius 3 is 2.28 bits per heavy atom. The van der Waals surface area contributed by atoms with E-state index in [-0.39, 0.29) is 16.9 Å². The molecule has 1 aliphatic heterocycles. The minimum absolute atomic E-state index is 0.0579. The molecule has 142 valence electrons. The Morgan fingerprint density at radius 2 is 1.59 bits per heavy atom. The lowest BCUT2D eigenvalue weighted by Gasteiger charge is -2.18. The van der Waals surface area contributed by atoms with Crippen LogP contribution in [-0.4, -0.2) is 16.7 Å². The van der Waals surface area contributed by atoms with E-state index in [0.717, 1.165) is 0 Å². The number of hydrogen-bond acceptors (Lipinski definition) is 4. The molecule has 3 aromatic rings. The largest absolute Gasteiger partial charge is 0.282 e. The molecule has 0 unspecified atom stereocenters. The number of para-hydroxylation sites is 1. The van der Waals surface area contributed by atoms with Gasteiger partial charge in [0.25, 0.3) is 11.6 Å². The molecule has 4 rings (SSSR count). The van der Waals surface area contributed by atoms with E-state index >= 15 is 0 Å². The number of nitrogens with zero attached hydrogens (tertiary/aromatic N) is 3. The number of carbonyl (C=O) groups is 1. The number of amidine groups is 1. The van der Waals surface area contributed by atoms with Crippen molar-refractivity contribution in [3.8, 4) is 0 Å². The van der Waals surface area contributed by atoms with Gasteiger partial charge in [-0.05, 0) is 36.4 Å². The first-order valence-corrected chi connectivity index (χ1v) is 8.74. The highest BCUT2D eigenvalue weighted by atomic mass is 19.1. The van der Waals surface area contributed by atoms with Crippen LogP contribution in [0.25, 0.3) is 6.08 Å². The van der Waals surface area contributed by atoms with Crippen LogP contribution < -0.4 is 4.90 Å². The second-order valence-corrected chi connectivity index (χ2v) is 6.26. The average molecular weight is 387 g/mol. The quantitative estimate of drug-likeness (QED) is 0.374. The normalized spacial score (nSPS) is 14.9. The molecule has 0 aromatic heterocycles. The average Bonchev–Trinajstić information content (AvgIpc) is 3.06. The summed E-state index contributed by atoms with van der Waals surface area (Å²) >= 11 is 0. The van der Waals surface area contributed by atoms with Crippen LogP contribution in [-0.2, 0) is 4.79 Å². The third kappa shape index (κ3) is 3.53. The molecule has 0 fully saturated rings. The summed E-state index contributed by atoms with van der Waals surface area (Å²) in [5.74, 6) is -0.505. The van der Waals surface area contributed by atoms with Gasteiger partial charge in [-0.3, -0.25) is 19.8 Å². The predicted octanol–water partition coefficient (Wildman–Crippen LogP) is 4.57. The Labute approximate surface area is 165 Å². The molecule has 0 saturated heterocycles. The first-order chi connectivity index (χ1) is 14.0. The molecule has 0 bridgehead atoms. The van der Waals surface area contributed by atoms with Gasteiger partial charge in [0.2, 0.25) is 0 Å². The van der Waals surface area contributed by atoms with Crippen LogP contribution in [0.4, 0.5) is 15.8 Å². The van der Waals surface area contributed by atoms with Gasteiger partial charge in [-0.2, -0.15) is 0 Å². The Bertz CT molecular complexity index is 1160. The fourth-order valence-corrected chi connectivity index (χ4v) is 3.05. The molecule has 0 aliphatic carbocycles. The van der Waals surface area contributed by atoms with Crippen LogP contribution in [0.2, 0.25) is 0 Å². The van der Waals surface area contributed by atoms with E-state index in [4.69, 9.17) is 0 Å². The van der Waals surface area contributed by atoms with E-state index in [0.29, 0.717) is 17.1 Å². The lowest BCUT2D eigenvalue weighted by Crippen LogP contribution is -2.32. The predicted molar refractivity (Wildman–Crippen MR) is 108 cm³/mol. The monoisotopic (exact) mass is 387 g/mol. The van der Waals surface area contributed by atoms with E-state index in [1.54, 1.807) is 30.3 Å². The topological polar surface area (TPSA) is 75.8 Å². The molecule has 1 heterocycles. The van der Waals surface area contributed by atoms with Crippen molar-refractivity contribution in [1.29, 1.82) is 0 Å². The molecule has 6 nitrogen and oxygen atoms in total. The van der Waals surface area contributed by atoms with Crippen LogP contribution in [0.3, 0.4) is 0 Å². The maximum Gasteiger partial charge on any atom is 0.282 e. The third-order valence-electron chi connectivity index (χ3n) is 4.40. The first kappa shape index (κ1) is 18.2. The number of rotatable bonds is 4. The molecule has 0 saturated carbocycles. The number of hydrogen-bond donors (Lipinski definition) is 0. The SMILES string of the molecule is O=C1/C(=C\c2ccccc2[N+](=O)[O-])N=C(c2ccccc2)N1c1ccc(F)cc1. The number of carbonyl (C=O) groups excluding carboxylic acids is 1. The Kier molecular flexibility index (Phi) is 4.70. The van der Waals surface area contributed by atoms with Crippen molar-refractivity contribution in [2.45, 2.75) is 0 Å². The van der Waals surface area contributed by atoms with Gasteiger partial charge in [0, 0.05) is 11.6 Å². The van der Waals surface area contributed by atoms with Gasteiger partial charge in [0.05, 0.1) is 16.2 Å². The van der Waals surface area contributed by atoms with Crippen LogP contribution in [0.15, 0.2) is 89.6 Å². The molecule has 1 aliphatic rings. The summed E-state index contributed by atoms with van der Waals surface area (Å²) in [6, 6.07) is 20.7. The number of anilines is 1. The van der Waals surface area contributed by atoms with Crippen molar-refractivity contribution in [2.24, 2.45) is 4.99 Å². The second kappa shape index (κ2) is 7.47. The summed E-state index contributed by atoms with van der Waals surface area (Å²) in [4.78, 5) is 29.7. The summed E-state index contributed by atoms with van der Waals surface area (Å²) < 4.78 is 13.4. The smallest absolute Gasteiger partial charge is 0.266 e. The summed E-state index contributed by atoms with van der Waals surface area (Å²) in [5.41, 5.74) is 1.35. The van der Waals surface area contributed by atoms with Gasteiger partial charge in [0.15, 0.2) is 0 Å². The summed E-state index contributed by atoms with van der Waals surface area (Å²) in [7, 11) is 0. The Morgan fingerprint density at radius 1 is 0.931 bits per heavy atom. The molecule has 0 atom stereocenters. The van der Waals surface area contributed by atoms with Crippen molar-refractivity contribution < 1.29 is 14.1 Å². The number of nitro benzene ring substituents is 1. The lowest BCUT2D eigenvalue weighted by atomic mass is 10.1. The molecule has 3 aromatic carbocycles. The highest BCUT2D eigenvalue weighted by molar-refractivity contribution is 6.33. The molecule has 0 radical (unpaired) electrons. The maximum atomic E-state index is 13.4. The molecule has 0 spiro atoms. The fourth-order valence-electron chi connectivity index (χ4n) is 3.05. The molecular formula is C22H14FN3O3. The Hall–Kier alpha value is -4.13.